The summed E-state index contributed by atoms with van der Waals surface area (Å²) in [5.41, 5.74) is 1.12. The molecule has 7 heteroatoms. The number of hydrogen-bond acceptors (Lipinski definition) is 6. The van der Waals surface area contributed by atoms with Gasteiger partial charge in [0.15, 0.2) is 0 Å². The summed E-state index contributed by atoms with van der Waals surface area (Å²) in [6, 6.07) is 10.9. The molecule has 6 nitrogen and oxygen atoms in total. The van der Waals surface area contributed by atoms with Crippen LogP contribution < -0.4 is 5.56 Å². The lowest BCUT2D eigenvalue weighted by atomic mass is 9.97. The van der Waals surface area contributed by atoms with Crippen molar-refractivity contribution in [2.24, 2.45) is 0 Å². The van der Waals surface area contributed by atoms with E-state index in [1.807, 2.05) is 37.3 Å². The molecule has 0 aliphatic carbocycles. The number of hydrogen-bond donors (Lipinski definition) is 0. The maximum absolute atomic E-state index is 12.5. The molecule has 2 heterocycles. The zero-order chi connectivity index (χ0) is 19.2. The van der Waals surface area contributed by atoms with Crippen LogP contribution in [-0.2, 0) is 22.6 Å². The number of benzene rings is 1. The average molecular weight is 385 g/mol. The van der Waals surface area contributed by atoms with E-state index >= 15 is 0 Å². The Labute approximate surface area is 161 Å². The standard InChI is InChI=1S/C20H23N3O3S/c1-3-5-11-17-22-23-18(24)12-15(21-20(23)27-17)13-26-19(25)16(4-2)14-9-7-6-8-10-14/h6-10,12,16H,3-5,11,13H2,1-2H3. The Kier molecular flexibility index (Phi) is 6.34. The van der Waals surface area contributed by atoms with Crippen molar-refractivity contribution in [3.8, 4) is 0 Å². The van der Waals surface area contributed by atoms with Crippen LogP contribution in [0.25, 0.3) is 4.96 Å². The predicted octanol–water partition coefficient (Wildman–Crippen LogP) is 3.73. The van der Waals surface area contributed by atoms with E-state index < -0.39 is 0 Å². The predicted molar refractivity (Wildman–Crippen MR) is 105 cm³/mol. The minimum absolute atomic E-state index is 0.0178. The van der Waals surface area contributed by atoms with Crippen molar-refractivity contribution < 1.29 is 9.53 Å². The van der Waals surface area contributed by atoms with Gasteiger partial charge in [0.1, 0.15) is 11.6 Å². The number of esters is 1. The summed E-state index contributed by atoms with van der Waals surface area (Å²) in [5.74, 6) is -0.626. The number of aryl methyl sites for hydroxylation is 1. The maximum atomic E-state index is 12.5. The zero-order valence-corrected chi connectivity index (χ0v) is 16.4. The number of aromatic nitrogens is 3. The SMILES string of the molecule is CCCCc1nn2c(=O)cc(COC(=O)C(CC)c3ccccc3)nc2s1. The molecule has 1 aromatic carbocycles. The van der Waals surface area contributed by atoms with Gasteiger partial charge >= 0.3 is 5.97 Å². The highest BCUT2D eigenvalue weighted by molar-refractivity contribution is 7.16. The van der Waals surface area contributed by atoms with Crippen LogP contribution in [0, 0.1) is 0 Å². The molecular weight excluding hydrogens is 362 g/mol. The molecule has 27 heavy (non-hydrogen) atoms. The van der Waals surface area contributed by atoms with E-state index in [4.69, 9.17) is 4.74 Å². The molecule has 3 aromatic rings. The van der Waals surface area contributed by atoms with Gasteiger partial charge in [-0.3, -0.25) is 9.59 Å². The van der Waals surface area contributed by atoms with E-state index in [9.17, 15) is 9.59 Å². The molecule has 1 unspecified atom stereocenters. The first-order valence-electron chi connectivity index (χ1n) is 9.22. The van der Waals surface area contributed by atoms with Gasteiger partial charge in [0.2, 0.25) is 4.96 Å². The normalized spacial score (nSPS) is 12.2. The largest absolute Gasteiger partial charge is 0.459 e. The van der Waals surface area contributed by atoms with E-state index in [-0.39, 0.29) is 24.1 Å². The maximum Gasteiger partial charge on any atom is 0.313 e. The second-order valence-corrected chi connectivity index (χ2v) is 7.40. The van der Waals surface area contributed by atoms with Crippen LogP contribution in [0.4, 0.5) is 0 Å². The summed E-state index contributed by atoms with van der Waals surface area (Å²) in [7, 11) is 0. The van der Waals surface area contributed by atoms with Crippen molar-refractivity contribution in [1.82, 2.24) is 14.6 Å². The summed E-state index contributed by atoms with van der Waals surface area (Å²) in [4.78, 5) is 29.7. The summed E-state index contributed by atoms with van der Waals surface area (Å²) in [6.45, 7) is 4.05. The summed E-state index contributed by atoms with van der Waals surface area (Å²) >= 11 is 1.41. The molecule has 0 saturated carbocycles. The van der Waals surface area contributed by atoms with Gasteiger partial charge in [0.25, 0.3) is 5.56 Å². The van der Waals surface area contributed by atoms with E-state index in [1.54, 1.807) is 0 Å². The van der Waals surface area contributed by atoms with Crippen LogP contribution >= 0.6 is 11.3 Å². The van der Waals surface area contributed by atoms with Crippen molar-refractivity contribution in [2.45, 2.75) is 52.1 Å². The number of nitrogens with zero attached hydrogens (tertiary/aromatic N) is 3. The number of rotatable bonds is 8. The molecule has 0 radical (unpaired) electrons. The summed E-state index contributed by atoms with van der Waals surface area (Å²) in [5, 5.41) is 5.21. The fourth-order valence-corrected chi connectivity index (χ4v) is 3.83. The molecule has 0 aliphatic heterocycles. The van der Waals surface area contributed by atoms with Crippen molar-refractivity contribution in [3.63, 3.8) is 0 Å². The number of ether oxygens (including phenoxy) is 1. The number of unbranched alkanes of at least 4 members (excludes halogenated alkanes) is 1. The van der Waals surface area contributed by atoms with Crippen LogP contribution in [0.15, 0.2) is 41.2 Å². The molecule has 0 N–H and O–H groups in total. The highest BCUT2D eigenvalue weighted by atomic mass is 32.1. The Morgan fingerprint density at radius 1 is 1.26 bits per heavy atom. The molecular formula is C20H23N3O3S. The topological polar surface area (TPSA) is 73.6 Å². The van der Waals surface area contributed by atoms with Crippen molar-refractivity contribution in [1.29, 1.82) is 0 Å². The van der Waals surface area contributed by atoms with Crippen molar-refractivity contribution in [3.05, 3.63) is 63.0 Å². The van der Waals surface area contributed by atoms with Gasteiger partial charge in [-0.25, -0.2) is 4.98 Å². The van der Waals surface area contributed by atoms with Gasteiger partial charge in [0.05, 0.1) is 11.6 Å². The van der Waals surface area contributed by atoms with E-state index in [0.29, 0.717) is 17.1 Å². The number of fused-ring (bicyclic) bond motifs is 1. The molecule has 0 aliphatic rings. The van der Waals surface area contributed by atoms with Gasteiger partial charge in [-0.1, -0.05) is 61.9 Å². The van der Waals surface area contributed by atoms with E-state index in [2.05, 4.69) is 17.0 Å². The molecule has 0 spiro atoms. The van der Waals surface area contributed by atoms with Crippen LogP contribution in [0.1, 0.15) is 55.3 Å². The highest BCUT2D eigenvalue weighted by Gasteiger charge is 2.20. The summed E-state index contributed by atoms with van der Waals surface area (Å²) in [6.07, 6.45) is 3.58. The number of carbonyl (C=O) groups is 1. The minimum atomic E-state index is -0.319. The third-order valence-electron chi connectivity index (χ3n) is 4.34. The molecule has 0 amide bonds. The van der Waals surface area contributed by atoms with Gasteiger partial charge < -0.3 is 4.74 Å². The Bertz CT molecular complexity index is 966. The Hall–Kier alpha value is -2.54. The lowest BCUT2D eigenvalue weighted by Crippen LogP contribution is -2.19. The molecule has 142 valence electrons. The fraction of sp³-hybridized carbons (Fsp3) is 0.400. The second-order valence-electron chi connectivity index (χ2n) is 6.36. The first kappa shape index (κ1) is 19.2. The van der Waals surface area contributed by atoms with Crippen LogP contribution in [0.5, 0.6) is 0 Å². The Morgan fingerprint density at radius 3 is 2.74 bits per heavy atom. The Balaban J connectivity index is 1.72. The second kappa shape index (κ2) is 8.90. The van der Waals surface area contributed by atoms with Gasteiger partial charge in [-0.15, -0.1) is 0 Å². The van der Waals surface area contributed by atoms with E-state index in [0.717, 1.165) is 29.8 Å². The quantitative estimate of drug-likeness (QED) is 0.553. The fourth-order valence-electron chi connectivity index (χ4n) is 2.87. The van der Waals surface area contributed by atoms with Gasteiger partial charge in [-0.2, -0.15) is 9.61 Å². The van der Waals surface area contributed by atoms with E-state index in [1.165, 1.54) is 21.9 Å². The van der Waals surface area contributed by atoms with Crippen molar-refractivity contribution >= 4 is 22.3 Å². The molecule has 1 atom stereocenters. The third kappa shape index (κ3) is 4.60. The minimum Gasteiger partial charge on any atom is -0.459 e. The third-order valence-corrected chi connectivity index (χ3v) is 5.31. The lowest BCUT2D eigenvalue weighted by molar-refractivity contribution is -0.147. The monoisotopic (exact) mass is 385 g/mol. The highest BCUT2D eigenvalue weighted by Crippen LogP contribution is 2.21. The zero-order valence-electron chi connectivity index (χ0n) is 15.6. The van der Waals surface area contributed by atoms with Gasteiger partial charge in [0, 0.05) is 12.5 Å². The lowest BCUT2D eigenvalue weighted by Gasteiger charge is -2.14. The van der Waals surface area contributed by atoms with Gasteiger partial charge in [-0.05, 0) is 18.4 Å². The summed E-state index contributed by atoms with van der Waals surface area (Å²) < 4.78 is 6.77. The molecule has 0 bridgehead atoms. The van der Waals surface area contributed by atoms with Crippen molar-refractivity contribution in [2.75, 3.05) is 0 Å². The number of carbonyl (C=O) groups excluding carboxylic acids is 1. The smallest absolute Gasteiger partial charge is 0.313 e. The average Bonchev–Trinajstić information content (AvgIpc) is 3.10. The first-order valence-corrected chi connectivity index (χ1v) is 10.0. The Morgan fingerprint density at radius 2 is 2.04 bits per heavy atom. The van der Waals surface area contributed by atoms with Crippen LogP contribution in [0.3, 0.4) is 0 Å². The van der Waals surface area contributed by atoms with Crippen LogP contribution in [0.2, 0.25) is 0 Å². The molecule has 0 fully saturated rings. The molecule has 2 aromatic heterocycles. The molecule has 0 saturated heterocycles. The first-order chi connectivity index (χ1) is 13.1. The molecule has 3 rings (SSSR count). The van der Waals surface area contributed by atoms with Crippen LogP contribution in [-0.4, -0.2) is 20.6 Å².